The summed E-state index contributed by atoms with van der Waals surface area (Å²) in [6.45, 7) is 0.816. The highest BCUT2D eigenvalue weighted by Gasteiger charge is 2.20. The van der Waals surface area contributed by atoms with Crippen molar-refractivity contribution < 1.29 is 4.79 Å². The van der Waals surface area contributed by atoms with Gasteiger partial charge in [0, 0.05) is 23.3 Å². The maximum absolute atomic E-state index is 12.1. The predicted molar refractivity (Wildman–Crippen MR) is 103 cm³/mol. The van der Waals surface area contributed by atoms with E-state index >= 15 is 0 Å². The van der Waals surface area contributed by atoms with Crippen LogP contribution in [-0.2, 0) is 11.2 Å². The number of thiocarbonyl (C=S) groups is 1. The van der Waals surface area contributed by atoms with Gasteiger partial charge >= 0.3 is 0 Å². The molecule has 0 radical (unpaired) electrons. The van der Waals surface area contributed by atoms with Gasteiger partial charge in [-0.1, -0.05) is 41.9 Å². The number of hydrogen-bond donors (Lipinski definition) is 1. The van der Waals surface area contributed by atoms with Crippen molar-refractivity contribution in [3.63, 3.8) is 0 Å². The van der Waals surface area contributed by atoms with Crippen molar-refractivity contribution in [3.8, 4) is 0 Å². The van der Waals surface area contributed by atoms with Crippen molar-refractivity contribution in [3.05, 3.63) is 70.8 Å². The van der Waals surface area contributed by atoms with Crippen molar-refractivity contribution in [2.45, 2.75) is 12.8 Å². The molecule has 1 aliphatic rings. The first-order valence-corrected chi connectivity index (χ1v) is 8.56. The predicted octanol–water partition coefficient (Wildman–Crippen LogP) is 4.21. The minimum absolute atomic E-state index is 0.238. The Morgan fingerprint density at radius 2 is 1.92 bits per heavy atom. The maximum atomic E-state index is 12.1. The quantitative estimate of drug-likeness (QED) is 0.646. The number of fused-ring (bicyclic) bond motifs is 1. The van der Waals surface area contributed by atoms with E-state index in [1.165, 1.54) is 11.6 Å². The van der Waals surface area contributed by atoms with Crippen molar-refractivity contribution in [2.24, 2.45) is 0 Å². The molecule has 0 atom stereocenters. The number of amides is 1. The van der Waals surface area contributed by atoms with Gasteiger partial charge in [-0.15, -0.1) is 0 Å². The molecule has 1 aliphatic heterocycles. The van der Waals surface area contributed by atoms with Crippen LogP contribution < -0.4 is 10.2 Å². The summed E-state index contributed by atoms with van der Waals surface area (Å²) in [6, 6.07) is 15.4. The number of rotatable bonds is 2. The minimum Gasteiger partial charge on any atom is -0.318 e. The number of carbonyl (C=O) groups is 1. The van der Waals surface area contributed by atoms with Crippen LogP contribution in [0.15, 0.2) is 54.6 Å². The summed E-state index contributed by atoms with van der Waals surface area (Å²) in [6.07, 6.45) is 5.27. The van der Waals surface area contributed by atoms with E-state index in [4.69, 9.17) is 23.8 Å². The van der Waals surface area contributed by atoms with Gasteiger partial charge in [0.1, 0.15) is 0 Å². The molecule has 3 nitrogen and oxygen atoms in total. The number of anilines is 1. The molecular weight excluding hydrogens is 340 g/mol. The monoisotopic (exact) mass is 356 g/mol. The third-order valence-corrected chi connectivity index (χ3v) is 4.46. The molecule has 2 aromatic carbocycles. The molecule has 0 unspecified atom stereocenters. The zero-order chi connectivity index (χ0) is 16.9. The maximum Gasteiger partial charge on any atom is 0.250 e. The van der Waals surface area contributed by atoms with Crippen molar-refractivity contribution >= 4 is 46.6 Å². The average molecular weight is 357 g/mol. The highest BCUT2D eigenvalue weighted by atomic mass is 35.5. The first-order chi connectivity index (χ1) is 11.6. The van der Waals surface area contributed by atoms with Gasteiger partial charge in [0.15, 0.2) is 5.11 Å². The summed E-state index contributed by atoms with van der Waals surface area (Å²) in [5.41, 5.74) is 3.25. The molecule has 1 amide bonds. The molecule has 0 saturated heterocycles. The molecular formula is C19H17ClN2OS. The summed E-state index contributed by atoms with van der Waals surface area (Å²) in [5, 5.41) is 3.88. The Morgan fingerprint density at radius 3 is 2.71 bits per heavy atom. The van der Waals surface area contributed by atoms with Gasteiger partial charge in [0.25, 0.3) is 0 Å². The van der Waals surface area contributed by atoms with Crippen LogP contribution in [0.2, 0.25) is 5.02 Å². The lowest BCUT2D eigenvalue weighted by Gasteiger charge is -2.31. The van der Waals surface area contributed by atoms with Gasteiger partial charge in [-0.3, -0.25) is 10.1 Å². The van der Waals surface area contributed by atoms with Gasteiger partial charge in [0.05, 0.1) is 0 Å². The third kappa shape index (κ3) is 4.02. The Labute approximate surface area is 151 Å². The fourth-order valence-electron chi connectivity index (χ4n) is 2.70. The van der Waals surface area contributed by atoms with E-state index in [9.17, 15) is 4.79 Å². The highest BCUT2D eigenvalue weighted by molar-refractivity contribution is 7.80. The SMILES string of the molecule is O=C(/C=C/c1ccc(Cl)cc1)NC(=S)N1CCCc2ccccc21. The Bertz CT molecular complexity index is 786. The summed E-state index contributed by atoms with van der Waals surface area (Å²) in [7, 11) is 0. The fourth-order valence-corrected chi connectivity index (χ4v) is 3.12. The molecule has 0 fully saturated rings. The first kappa shape index (κ1) is 16.7. The topological polar surface area (TPSA) is 32.3 Å². The molecule has 0 aliphatic carbocycles. The Balaban J connectivity index is 1.65. The van der Waals surface area contributed by atoms with Crippen LogP contribution in [0.25, 0.3) is 6.08 Å². The number of aryl methyl sites for hydroxylation is 1. The van der Waals surface area contributed by atoms with E-state index in [1.807, 2.05) is 35.2 Å². The van der Waals surface area contributed by atoms with Crippen molar-refractivity contribution in [1.82, 2.24) is 5.32 Å². The summed E-state index contributed by atoms with van der Waals surface area (Å²) < 4.78 is 0. The van der Waals surface area contributed by atoms with Crippen LogP contribution in [0.3, 0.4) is 0 Å². The number of para-hydroxylation sites is 1. The average Bonchev–Trinajstić information content (AvgIpc) is 2.60. The van der Waals surface area contributed by atoms with Crippen LogP contribution in [0.5, 0.6) is 0 Å². The van der Waals surface area contributed by atoms with E-state index < -0.39 is 0 Å². The van der Waals surface area contributed by atoms with Gasteiger partial charge in [-0.2, -0.15) is 0 Å². The number of nitrogens with zero attached hydrogens (tertiary/aromatic N) is 1. The van der Waals surface area contributed by atoms with E-state index in [-0.39, 0.29) is 5.91 Å². The third-order valence-electron chi connectivity index (χ3n) is 3.88. The van der Waals surface area contributed by atoms with Crippen molar-refractivity contribution in [2.75, 3.05) is 11.4 Å². The Hall–Kier alpha value is -2.17. The van der Waals surface area contributed by atoms with Gasteiger partial charge < -0.3 is 4.90 Å². The van der Waals surface area contributed by atoms with Crippen LogP contribution in [-0.4, -0.2) is 17.6 Å². The number of benzene rings is 2. The lowest BCUT2D eigenvalue weighted by molar-refractivity contribution is -0.115. The standard InChI is InChI=1S/C19H17ClN2OS/c20-16-10-7-14(8-11-16)9-12-18(23)21-19(24)22-13-3-5-15-4-1-2-6-17(15)22/h1-2,4,6-12H,3,5,13H2,(H,21,23,24)/b12-9+. The fraction of sp³-hybridized carbons (Fsp3) is 0.158. The second-order valence-corrected chi connectivity index (χ2v) is 6.39. The number of carbonyl (C=O) groups excluding carboxylic acids is 1. The Morgan fingerprint density at radius 1 is 1.17 bits per heavy atom. The molecule has 1 heterocycles. The van der Waals surface area contributed by atoms with Crippen LogP contribution >= 0.6 is 23.8 Å². The highest BCUT2D eigenvalue weighted by Crippen LogP contribution is 2.26. The Kier molecular flexibility index (Phi) is 5.28. The second-order valence-electron chi connectivity index (χ2n) is 5.56. The minimum atomic E-state index is -0.238. The molecule has 122 valence electrons. The molecule has 0 aromatic heterocycles. The van der Waals surface area contributed by atoms with Crippen LogP contribution in [0.4, 0.5) is 5.69 Å². The first-order valence-electron chi connectivity index (χ1n) is 7.77. The summed E-state index contributed by atoms with van der Waals surface area (Å²) in [5.74, 6) is -0.238. The second kappa shape index (κ2) is 7.60. The van der Waals surface area contributed by atoms with Crippen LogP contribution in [0, 0.1) is 0 Å². The summed E-state index contributed by atoms with van der Waals surface area (Å²) in [4.78, 5) is 14.1. The smallest absolute Gasteiger partial charge is 0.250 e. The van der Waals surface area contributed by atoms with Gasteiger partial charge in [-0.25, -0.2) is 0 Å². The lowest BCUT2D eigenvalue weighted by atomic mass is 10.0. The number of halogens is 1. The van der Waals surface area contributed by atoms with E-state index in [1.54, 1.807) is 18.2 Å². The lowest BCUT2D eigenvalue weighted by Crippen LogP contribution is -2.44. The van der Waals surface area contributed by atoms with Crippen LogP contribution in [0.1, 0.15) is 17.5 Å². The zero-order valence-electron chi connectivity index (χ0n) is 13.0. The molecule has 0 saturated carbocycles. The molecule has 2 aromatic rings. The molecule has 24 heavy (non-hydrogen) atoms. The molecule has 3 rings (SSSR count). The largest absolute Gasteiger partial charge is 0.318 e. The molecule has 1 N–H and O–H groups in total. The molecule has 0 spiro atoms. The number of hydrogen-bond acceptors (Lipinski definition) is 2. The van der Waals surface area contributed by atoms with Gasteiger partial charge in [-0.05, 0) is 60.5 Å². The van der Waals surface area contributed by atoms with E-state index in [0.29, 0.717) is 10.1 Å². The van der Waals surface area contributed by atoms with Crippen molar-refractivity contribution in [1.29, 1.82) is 0 Å². The summed E-state index contributed by atoms with van der Waals surface area (Å²) >= 11 is 11.3. The van der Waals surface area contributed by atoms with Gasteiger partial charge in [0.2, 0.25) is 5.91 Å². The van der Waals surface area contributed by atoms with E-state index in [0.717, 1.165) is 30.6 Å². The normalized spacial score (nSPS) is 13.6. The zero-order valence-corrected chi connectivity index (χ0v) is 14.6. The molecule has 0 bridgehead atoms. The molecule has 5 heteroatoms. The van der Waals surface area contributed by atoms with E-state index in [2.05, 4.69) is 11.4 Å². The number of nitrogens with one attached hydrogen (secondary N) is 1.